The van der Waals surface area contributed by atoms with Gasteiger partial charge >= 0.3 is 0 Å². The lowest BCUT2D eigenvalue weighted by molar-refractivity contribution is -0.130. The molecule has 0 unspecified atom stereocenters. The van der Waals surface area contributed by atoms with Gasteiger partial charge in [-0.3, -0.25) is 14.5 Å². The molecule has 2 aromatic rings. The lowest BCUT2D eigenvalue weighted by atomic mass is 9.80. The summed E-state index contributed by atoms with van der Waals surface area (Å²) in [6.07, 6.45) is 6.32. The zero-order valence-electron chi connectivity index (χ0n) is 20.7. The maximum absolute atomic E-state index is 12.8. The second kappa shape index (κ2) is 10.5. The highest BCUT2D eigenvalue weighted by molar-refractivity contribution is 5.92. The van der Waals surface area contributed by atoms with E-state index >= 15 is 0 Å². The summed E-state index contributed by atoms with van der Waals surface area (Å²) in [4.78, 5) is 33.1. The van der Waals surface area contributed by atoms with Crippen LogP contribution in [0.1, 0.15) is 53.6 Å². The quantitative estimate of drug-likeness (QED) is 0.660. The molecule has 2 amide bonds. The molecule has 3 aliphatic rings. The number of piperidine rings is 1. The van der Waals surface area contributed by atoms with Crippen LogP contribution in [0.4, 0.5) is 0 Å². The molecule has 0 aliphatic carbocycles. The van der Waals surface area contributed by atoms with E-state index in [0.717, 1.165) is 70.7 Å². The number of imidazole rings is 1. The molecule has 8 heteroatoms. The highest BCUT2D eigenvalue weighted by atomic mass is 16.3. The van der Waals surface area contributed by atoms with Crippen molar-refractivity contribution >= 4 is 11.8 Å². The van der Waals surface area contributed by atoms with Gasteiger partial charge in [0.15, 0.2) is 0 Å². The van der Waals surface area contributed by atoms with Crippen LogP contribution in [0.2, 0.25) is 0 Å². The summed E-state index contributed by atoms with van der Waals surface area (Å²) in [7, 11) is 0. The lowest BCUT2D eigenvalue weighted by Gasteiger charge is -2.37. The largest absolute Gasteiger partial charge is 0.390 e. The summed E-state index contributed by atoms with van der Waals surface area (Å²) >= 11 is 0. The summed E-state index contributed by atoms with van der Waals surface area (Å²) in [6, 6.07) is 8.46. The zero-order chi connectivity index (χ0) is 24.4. The first-order valence-electron chi connectivity index (χ1n) is 13.0. The molecule has 4 heterocycles. The minimum absolute atomic E-state index is 0.172. The van der Waals surface area contributed by atoms with Crippen molar-refractivity contribution in [3.63, 3.8) is 0 Å². The zero-order valence-corrected chi connectivity index (χ0v) is 20.7. The molecule has 2 N–H and O–H groups in total. The van der Waals surface area contributed by atoms with Crippen LogP contribution >= 0.6 is 0 Å². The number of amides is 2. The van der Waals surface area contributed by atoms with Crippen LogP contribution in [0.15, 0.2) is 30.5 Å². The first kappa shape index (κ1) is 24.0. The van der Waals surface area contributed by atoms with E-state index in [2.05, 4.69) is 44.0 Å². The third-order valence-corrected chi connectivity index (χ3v) is 8.09. The molecule has 0 bridgehead atoms. The smallest absolute Gasteiger partial charge is 0.271 e. The number of rotatable bonds is 6. The molecule has 1 aromatic heterocycles. The highest BCUT2D eigenvalue weighted by Crippen LogP contribution is 2.32. The Morgan fingerprint density at radius 2 is 1.86 bits per heavy atom. The Morgan fingerprint density at radius 1 is 1.09 bits per heavy atom. The van der Waals surface area contributed by atoms with Crippen molar-refractivity contribution < 1.29 is 14.7 Å². The van der Waals surface area contributed by atoms with Crippen molar-refractivity contribution in [2.45, 2.75) is 58.2 Å². The van der Waals surface area contributed by atoms with Gasteiger partial charge in [-0.15, -0.1) is 0 Å². The Balaban J connectivity index is 1.09. The molecule has 1 aromatic carbocycles. The fraction of sp³-hybridized carbons (Fsp3) is 0.593. The topological polar surface area (TPSA) is 90.7 Å². The molecule has 188 valence electrons. The van der Waals surface area contributed by atoms with Crippen LogP contribution in [-0.2, 0) is 30.7 Å². The van der Waals surface area contributed by atoms with Gasteiger partial charge in [-0.25, -0.2) is 4.98 Å². The molecule has 0 saturated carbocycles. The molecule has 0 spiro atoms. The van der Waals surface area contributed by atoms with Gasteiger partial charge in [-0.05, 0) is 48.6 Å². The van der Waals surface area contributed by atoms with E-state index < -0.39 is 6.10 Å². The third kappa shape index (κ3) is 5.59. The predicted octanol–water partition coefficient (Wildman–Crippen LogP) is 1.85. The molecule has 2 atom stereocenters. The fourth-order valence-corrected chi connectivity index (χ4v) is 6.02. The Morgan fingerprint density at radius 3 is 2.63 bits per heavy atom. The van der Waals surface area contributed by atoms with Gasteiger partial charge in [0.1, 0.15) is 11.5 Å². The number of aliphatic hydroxyl groups excluding tert-OH is 1. The van der Waals surface area contributed by atoms with E-state index in [9.17, 15) is 14.7 Å². The minimum atomic E-state index is -0.619. The van der Waals surface area contributed by atoms with Crippen molar-refractivity contribution in [2.24, 2.45) is 11.8 Å². The number of likely N-dealkylation sites (tertiary alicyclic amines) is 1. The first-order valence-corrected chi connectivity index (χ1v) is 13.0. The van der Waals surface area contributed by atoms with Crippen molar-refractivity contribution in [2.75, 3.05) is 32.7 Å². The third-order valence-electron chi connectivity index (χ3n) is 8.09. The number of nitrogens with one attached hydrogen (secondary N) is 1. The van der Waals surface area contributed by atoms with E-state index in [4.69, 9.17) is 0 Å². The summed E-state index contributed by atoms with van der Waals surface area (Å²) < 4.78 is 2.14. The first-order chi connectivity index (χ1) is 17.0. The average Bonchev–Trinajstić information content (AvgIpc) is 3.31. The molecular weight excluding hydrogens is 442 g/mol. The van der Waals surface area contributed by atoms with E-state index in [-0.39, 0.29) is 18.4 Å². The number of hydrogen-bond acceptors (Lipinski definition) is 5. The monoisotopic (exact) mass is 479 g/mol. The Bertz CT molecular complexity index is 1060. The maximum Gasteiger partial charge on any atom is 0.271 e. The van der Waals surface area contributed by atoms with Gasteiger partial charge in [0.25, 0.3) is 5.91 Å². The van der Waals surface area contributed by atoms with Crippen molar-refractivity contribution in [3.05, 3.63) is 53.1 Å². The fourth-order valence-electron chi connectivity index (χ4n) is 6.02. The van der Waals surface area contributed by atoms with Crippen LogP contribution < -0.4 is 5.32 Å². The number of β-amino-alcohol motifs (C(OH)–C–C–N with tert-alkyl or cyclic N) is 1. The summed E-state index contributed by atoms with van der Waals surface area (Å²) in [6.45, 7) is 6.76. The Hall–Kier alpha value is -2.71. The average molecular weight is 480 g/mol. The molecule has 1 saturated heterocycles. The van der Waals surface area contributed by atoms with Gasteiger partial charge in [-0.2, -0.15) is 0 Å². The number of carbonyl (C=O) groups is 2. The number of aryl methyl sites for hydroxylation is 1. The summed E-state index contributed by atoms with van der Waals surface area (Å²) in [5.74, 6) is 2.11. The second-order valence-electron chi connectivity index (χ2n) is 10.5. The standard InChI is InChI=1S/C27H37N5O3/c1-19(33)31-12-9-21(10-13-31)23-6-7-26-29-25(18-32(26)16-23)27(35)28-14-24(34)17-30-11-8-20-4-2-3-5-22(20)15-30/h2-5,18,21,23-24,34H,6-17H2,1H3,(H,28,35)/t23-,24+/m1/s1. The van der Waals surface area contributed by atoms with Gasteiger partial charge in [0, 0.05) is 65.4 Å². The van der Waals surface area contributed by atoms with Gasteiger partial charge in [-0.1, -0.05) is 24.3 Å². The summed E-state index contributed by atoms with van der Waals surface area (Å²) in [5, 5.41) is 13.4. The van der Waals surface area contributed by atoms with E-state index in [1.54, 1.807) is 6.92 Å². The van der Waals surface area contributed by atoms with Crippen LogP contribution in [0.25, 0.3) is 0 Å². The van der Waals surface area contributed by atoms with E-state index in [1.807, 2.05) is 11.1 Å². The van der Waals surface area contributed by atoms with E-state index in [1.165, 1.54) is 11.1 Å². The number of aliphatic hydroxyl groups is 1. The van der Waals surface area contributed by atoms with E-state index in [0.29, 0.717) is 24.1 Å². The second-order valence-corrected chi connectivity index (χ2v) is 10.5. The Labute approximate surface area is 207 Å². The van der Waals surface area contributed by atoms with Crippen LogP contribution in [-0.4, -0.2) is 75.1 Å². The van der Waals surface area contributed by atoms with Crippen molar-refractivity contribution in [1.29, 1.82) is 0 Å². The molecule has 1 fully saturated rings. The number of fused-ring (bicyclic) bond motifs is 2. The molecule has 8 nitrogen and oxygen atoms in total. The van der Waals surface area contributed by atoms with Crippen LogP contribution in [0, 0.1) is 11.8 Å². The number of hydrogen-bond donors (Lipinski definition) is 2. The lowest BCUT2D eigenvalue weighted by Crippen LogP contribution is -2.42. The van der Waals surface area contributed by atoms with Gasteiger partial charge < -0.3 is 19.9 Å². The van der Waals surface area contributed by atoms with Crippen molar-refractivity contribution in [3.8, 4) is 0 Å². The van der Waals surface area contributed by atoms with Gasteiger partial charge in [0.05, 0.1) is 6.10 Å². The van der Waals surface area contributed by atoms with Crippen LogP contribution in [0.3, 0.4) is 0 Å². The molecular formula is C27H37N5O3. The molecule has 3 aliphatic heterocycles. The number of nitrogens with zero attached hydrogens (tertiary/aromatic N) is 4. The predicted molar refractivity (Wildman–Crippen MR) is 133 cm³/mol. The maximum atomic E-state index is 12.8. The minimum Gasteiger partial charge on any atom is -0.390 e. The highest BCUT2D eigenvalue weighted by Gasteiger charge is 2.31. The summed E-state index contributed by atoms with van der Waals surface area (Å²) in [5.41, 5.74) is 3.14. The van der Waals surface area contributed by atoms with Crippen LogP contribution in [0.5, 0.6) is 0 Å². The Kier molecular flexibility index (Phi) is 7.20. The molecule has 35 heavy (non-hydrogen) atoms. The molecule has 0 radical (unpaired) electrons. The number of benzene rings is 1. The van der Waals surface area contributed by atoms with Crippen molar-refractivity contribution in [1.82, 2.24) is 24.7 Å². The normalized spacial score (nSPS) is 21.8. The molecule has 5 rings (SSSR count). The number of carbonyl (C=O) groups excluding carboxylic acids is 2. The van der Waals surface area contributed by atoms with Gasteiger partial charge in [0.2, 0.25) is 5.91 Å². The SMILES string of the molecule is CC(=O)N1CCC([C@@H]2CCc3nc(C(=O)NC[C@H](O)CN4CCc5ccccc5C4)cn3C2)CC1. The number of aromatic nitrogens is 2.